The number of rotatable bonds is 4. The zero-order chi connectivity index (χ0) is 14.0. The predicted octanol–water partition coefficient (Wildman–Crippen LogP) is 2.74. The second-order valence-electron chi connectivity index (χ2n) is 5.08. The fourth-order valence-corrected chi connectivity index (χ4v) is 2.61. The van der Waals surface area contributed by atoms with Gasteiger partial charge in [-0.1, -0.05) is 28.4 Å². The maximum absolute atomic E-state index is 12.1. The standard InChI is InChI=1S/C14H16BrNO3/c1-9-3-4-10(15)7-11(9)12(17)16-8-14(13(18)19)5-2-6-14/h3-4,7H,2,5-6,8H2,1H3,(H,16,17)(H,18,19). The maximum atomic E-state index is 12.1. The molecule has 4 nitrogen and oxygen atoms in total. The van der Waals surface area contributed by atoms with E-state index in [1.54, 1.807) is 6.07 Å². The molecular weight excluding hydrogens is 310 g/mol. The number of hydrogen-bond donors (Lipinski definition) is 2. The van der Waals surface area contributed by atoms with Crippen LogP contribution in [0.25, 0.3) is 0 Å². The Morgan fingerprint density at radius 2 is 2.11 bits per heavy atom. The molecule has 1 fully saturated rings. The van der Waals surface area contributed by atoms with Crippen molar-refractivity contribution in [3.8, 4) is 0 Å². The number of aryl methyl sites for hydroxylation is 1. The Morgan fingerprint density at radius 3 is 2.63 bits per heavy atom. The summed E-state index contributed by atoms with van der Waals surface area (Å²) in [4.78, 5) is 23.3. The van der Waals surface area contributed by atoms with Gasteiger partial charge in [-0.15, -0.1) is 0 Å². The molecule has 2 N–H and O–H groups in total. The number of aliphatic carboxylic acids is 1. The third-order valence-corrected chi connectivity index (χ3v) is 4.29. The SMILES string of the molecule is Cc1ccc(Br)cc1C(=O)NCC1(C(=O)O)CCC1. The molecule has 0 heterocycles. The minimum atomic E-state index is -0.815. The fourth-order valence-electron chi connectivity index (χ4n) is 2.25. The first-order valence-electron chi connectivity index (χ1n) is 6.22. The third kappa shape index (κ3) is 2.81. The van der Waals surface area contributed by atoms with Crippen LogP contribution in [0.3, 0.4) is 0 Å². The quantitative estimate of drug-likeness (QED) is 0.894. The van der Waals surface area contributed by atoms with Crippen molar-refractivity contribution in [2.45, 2.75) is 26.2 Å². The summed E-state index contributed by atoms with van der Waals surface area (Å²) < 4.78 is 0.833. The predicted molar refractivity (Wildman–Crippen MR) is 75.1 cm³/mol. The molecule has 102 valence electrons. The first-order valence-corrected chi connectivity index (χ1v) is 7.02. The second kappa shape index (κ2) is 5.33. The molecule has 0 atom stereocenters. The normalized spacial score (nSPS) is 16.5. The minimum Gasteiger partial charge on any atom is -0.481 e. The lowest BCUT2D eigenvalue weighted by Gasteiger charge is -2.37. The molecule has 0 aromatic heterocycles. The number of hydrogen-bond acceptors (Lipinski definition) is 2. The molecule has 0 aliphatic heterocycles. The van der Waals surface area contributed by atoms with Crippen LogP contribution >= 0.6 is 15.9 Å². The number of amides is 1. The molecule has 1 aromatic rings. The molecule has 0 bridgehead atoms. The van der Waals surface area contributed by atoms with Crippen LogP contribution in [0.15, 0.2) is 22.7 Å². The Hall–Kier alpha value is -1.36. The van der Waals surface area contributed by atoms with E-state index >= 15 is 0 Å². The van der Waals surface area contributed by atoms with Crippen LogP contribution in [-0.4, -0.2) is 23.5 Å². The zero-order valence-electron chi connectivity index (χ0n) is 10.7. The molecule has 1 amide bonds. The van der Waals surface area contributed by atoms with Gasteiger partial charge in [-0.3, -0.25) is 9.59 Å². The van der Waals surface area contributed by atoms with Gasteiger partial charge in [0, 0.05) is 16.6 Å². The van der Waals surface area contributed by atoms with Gasteiger partial charge in [0.05, 0.1) is 5.41 Å². The fraction of sp³-hybridized carbons (Fsp3) is 0.429. The highest BCUT2D eigenvalue weighted by atomic mass is 79.9. The van der Waals surface area contributed by atoms with Crippen molar-refractivity contribution in [3.63, 3.8) is 0 Å². The van der Waals surface area contributed by atoms with E-state index in [0.717, 1.165) is 16.5 Å². The molecule has 0 spiro atoms. The molecule has 0 unspecified atom stereocenters. The van der Waals surface area contributed by atoms with Gasteiger partial charge in [-0.05, 0) is 37.5 Å². The van der Waals surface area contributed by atoms with E-state index < -0.39 is 11.4 Å². The lowest BCUT2D eigenvalue weighted by Crippen LogP contribution is -2.47. The molecule has 0 radical (unpaired) electrons. The van der Waals surface area contributed by atoms with Crippen molar-refractivity contribution in [2.75, 3.05) is 6.54 Å². The Morgan fingerprint density at radius 1 is 1.42 bits per heavy atom. The van der Waals surface area contributed by atoms with Crippen molar-refractivity contribution in [1.82, 2.24) is 5.32 Å². The van der Waals surface area contributed by atoms with Crippen LogP contribution < -0.4 is 5.32 Å². The van der Waals surface area contributed by atoms with E-state index in [0.29, 0.717) is 18.4 Å². The van der Waals surface area contributed by atoms with Gasteiger partial charge in [0.15, 0.2) is 0 Å². The smallest absolute Gasteiger partial charge is 0.311 e. The number of carbonyl (C=O) groups excluding carboxylic acids is 1. The van der Waals surface area contributed by atoms with Gasteiger partial charge in [-0.25, -0.2) is 0 Å². The lowest BCUT2D eigenvalue weighted by atomic mass is 9.69. The highest BCUT2D eigenvalue weighted by molar-refractivity contribution is 9.10. The molecule has 5 heteroatoms. The van der Waals surface area contributed by atoms with Crippen molar-refractivity contribution < 1.29 is 14.7 Å². The number of carbonyl (C=O) groups is 2. The molecule has 2 rings (SSSR count). The van der Waals surface area contributed by atoms with Crippen molar-refractivity contribution in [2.24, 2.45) is 5.41 Å². The highest BCUT2D eigenvalue weighted by Gasteiger charge is 2.44. The van der Waals surface area contributed by atoms with Crippen LogP contribution in [0.1, 0.15) is 35.2 Å². The summed E-state index contributed by atoms with van der Waals surface area (Å²) in [6.45, 7) is 2.06. The number of nitrogens with one attached hydrogen (secondary N) is 1. The summed E-state index contributed by atoms with van der Waals surface area (Å²) in [5.41, 5.74) is 0.697. The van der Waals surface area contributed by atoms with Gasteiger partial charge in [0.1, 0.15) is 0 Å². The van der Waals surface area contributed by atoms with Gasteiger partial charge < -0.3 is 10.4 Å². The van der Waals surface area contributed by atoms with Gasteiger partial charge in [0.25, 0.3) is 5.91 Å². The van der Waals surface area contributed by atoms with Crippen LogP contribution in [-0.2, 0) is 4.79 Å². The summed E-state index contributed by atoms with van der Waals surface area (Å²) in [6.07, 6.45) is 2.19. The van der Waals surface area contributed by atoms with E-state index in [4.69, 9.17) is 0 Å². The average molecular weight is 326 g/mol. The van der Waals surface area contributed by atoms with Crippen LogP contribution in [0.4, 0.5) is 0 Å². The van der Waals surface area contributed by atoms with E-state index in [1.165, 1.54) is 0 Å². The van der Waals surface area contributed by atoms with Gasteiger partial charge >= 0.3 is 5.97 Å². The third-order valence-electron chi connectivity index (χ3n) is 3.80. The summed E-state index contributed by atoms with van der Waals surface area (Å²) >= 11 is 3.33. The zero-order valence-corrected chi connectivity index (χ0v) is 12.3. The Labute approximate surface area is 120 Å². The lowest BCUT2D eigenvalue weighted by molar-refractivity contribution is -0.153. The van der Waals surface area contributed by atoms with Crippen molar-refractivity contribution in [1.29, 1.82) is 0 Å². The second-order valence-corrected chi connectivity index (χ2v) is 6.00. The van der Waals surface area contributed by atoms with Crippen LogP contribution in [0, 0.1) is 12.3 Å². The van der Waals surface area contributed by atoms with E-state index in [2.05, 4.69) is 21.2 Å². The van der Waals surface area contributed by atoms with E-state index in [-0.39, 0.29) is 12.5 Å². The van der Waals surface area contributed by atoms with E-state index in [1.807, 2.05) is 19.1 Å². The highest BCUT2D eigenvalue weighted by Crippen LogP contribution is 2.40. The molecule has 1 aliphatic rings. The summed E-state index contributed by atoms with van der Waals surface area (Å²) in [5, 5.41) is 12.0. The average Bonchev–Trinajstić information content (AvgIpc) is 2.30. The Kier molecular flexibility index (Phi) is 3.94. The molecule has 0 saturated heterocycles. The monoisotopic (exact) mass is 325 g/mol. The van der Waals surface area contributed by atoms with Crippen LogP contribution in [0.5, 0.6) is 0 Å². The Balaban J connectivity index is 2.05. The first-order chi connectivity index (χ1) is 8.94. The first kappa shape index (κ1) is 14.1. The molecule has 1 saturated carbocycles. The summed E-state index contributed by atoms with van der Waals surface area (Å²) in [7, 11) is 0. The topological polar surface area (TPSA) is 66.4 Å². The summed E-state index contributed by atoms with van der Waals surface area (Å²) in [5.74, 6) is -1.03. The molecular formula is C14H16BrNO3. The number of carboxylic acid groups (broad SMARTS) is 1. The maximum Gasteiger partial charge on any atom is 0.311 e. The summed E-state index contributed by atoms with van der Waals surface area (Å²) in [6, 6.07) is 5.48. The number of carboxylic acids is 1. The van der Waals surface area contributed by atoms with Crippen molar-refractivity contribution in [3.05, 3.63) is 33.8 Å². The largest absolute Gasteiger partial charge is 0.481 e. The number of halogens is 1. The number of benzene rings is 1. The van der Waals surface area contributed by atoms with Crippen molar-refractivity contribution >= 4 is 27.8 Å². The minimum absolute atomic E-state index is 0.202. The van der Waals surface area contributed by atoms with Gasteiger partial charge in [0.2, 0.25) is 0 Å². The Bertz CT molecular complexity index is 523. The molecule has 19 heavy (non-hydrogen) atoms. The molecule has 1 aromatic carbocycles. The van der Waals surface area contributed by atoms with Gasteiger partial charge in [-0.2, -0.15) is 0 Å². The molecule has 1 aliphatic carbocycles. The van der Waals surface area contributed by atoms with E-state index in [9.17, 15) is 14.7 Å². The van der Waals surface area contributed by atoms with Crippen LogP contribution in [0.2, 0.25) is 0 Å².